The molecule has 1 aliphatic carbocycles. The zero-order valence-corrected chi connectivity index (χ0v) is 12.5. The monoisotopic (exact) mass is 327 g/mol. The Kier molecular flexibility index (Phi) is 3.81. The lowest BCUT2D eigenvalue weighted by Crippen LogP contribution is -2.42. The fourth-order valence-electron chi connectivity index (χ4n) is 3.35. The average molecular weight is 328 g/mol. The number of rotatable bonds is 2. The fourth-order valence-corrected chi connectivity index (χ4v) is 3.68. The summed E-state index contributed by atoms with van der Waals surface area (Å²) in [6, 6.07) is 5.50. The maximum Gasteiger partial charge on any atom is 0.147 e. The molecule has 2 aliphatic rings. The molecule has 4 heteroatoms. The van der Waals surface area contributed by atoms with Gasteiger partial charge in [0.15, 0.2) is 0 Å². The topological polar surface area (TPSA) is 21.3 Å². The van der Waals surface area contributed by atoms with Crippen molar-refractivity contribution in [1.29, 1.82) is 0 Å². The van der Waals surface area contributed by atoms with Gasteiger partial charge in [0.25, 0.3) is 0 Å². The Bertz CT molecular complexity index is 459. The van der Waals surface area contributed by atoms with E-state index in [2.05, 4.69) is 21.2 Å². The number of ether oxygens (including phenoxy) is 1. The van der Waals surface area contributed by atoms with Crippen molar-refractivity contribution in [1.82, 2.24) is 0 Å². The van der Waals surface area contributed by atoms with Crippen LogP contribution in [0.5, 0.6) is 0 Å². The van der Waals surface area contributed by atoms with Gasteiger partial charge in [-0.2, -0.15) is 0 Å². The molecule has 1 aromatic rings. The van der Waals surface area contributed by atoms with Gasteiger partial charge in [0, 0.05) is 17.1 Å². The smallest absolute Gasteiger partial charge is 0.147 e. The van der Waals surface area contributed by atoms with E-state index in [1.165, 1.54) is 18.9 Å². The summed E-state index contributed by atoms with van der Waals surface area (Å²) in [4.78, 5) is 0. The molecule has 2 fully saturated rings. The first kappa shape index (κ1) is 13.4. The third-order valence-electron chi connectivity index (χ3n) is 4.30. The van der Waals surface area contributed by atoms with E-state index in [-0.39, 0.29) is 11.4 Å². The molecule has 0 aromatic heterocycles. The Labute approximate surface area is 121 Å². The van der Waals surface area contributed by atoms with Crippen LogP contribution in [-0.2, 0) is 4.74 Å². The Hall–Kier alpha value is -0.610. The molecule has 0 amide bonds. The summed E-state index contributed by atoms with van der Waals surface area (Å²) < 4.78 is 20.6. The highest BCUT2D eigenvalue weighted by molar-refractivity contribution is 9.10. The first-order valence-electron chi connectivity index (χ1n) is 7.02. The lowest BCUT2D eigenvalue weighted by Gasteiger charge is -2.39. The number of hydrogen-bond acceptors (Lipinski definition) is 2. The largest absolute Gasteiger partial charge is 0.380 e. The van der Waals surface area contributed by atoms with Crippen LogP contribution in [0.25, 0.3) is 0 Å². The normalized spacial score (nSPS) is 25.7. The summed E-state index contributed by atoms with van der Waals surface area (Å²) in [6.07, 6.45) is 6.81. The minimum atomic E-state index is -0.193. The highest BCUT2D eigenvalue weighted by Crippen LogP contribution is 2.40. The van der Waals surface area contributed by atoms with E-state index >= 15 is 0 Å². The van der Waals surface area contributed by atoms with E-state index in [0.717, 1.165) is 36.8 Å². The van der Waals surface area contributed by atoms with Gasteiger partial charge in [-0.15, -0.1) is 0 Å². The first-order chi connectivity index (χ1) is 9.17. The van der Waals surface area contributed by atoms with Crippen LogP contribution in [-0.4, -0.2) is 18.2 Å². The highest BCUT2D eigenvalue weighted by atomic mass is 79.9. The minimum Gasteiger partial charge on any atom is -0.380 e. The van der Waals surface area contributed by atoms with E-state index in [0.29, 0.717) is 11.7 Å². The van der Waals surface area contributed by atoms with Crippen molar-refractivity contribution in [2.75, 3.05) is 11.9 Å². The zero-order valence-electron chi connectivity index (χ0n) is 10.9. The molecular formula is C15H19BrFNO. The molecule has 1 N–H and O–H groups in total. The van der Waals surface area contributed by atoms with Crippen LogP contribution in [0.1, 0.15) is 38.5 Å². The van der Waals surface area contributed by atoms with Gasteiger partial charge in [0.2, 0.25) is 0 Å². The molecule has 104 valence electrons. The van der Waals surface area contributed by atoms with Gasteiger partial charge in [-0.1, -0.05) is 28.8 Å². The summed E-state index contributed by atoms with van der Waals surface area (Å²) in [5, 5.41) is 3.35. The van der Waals surface area contributed by atoms with Gasteiger partial charge in [0.05, 0.1) is 11.3 Å². The third kappa shape index (κ3) is 2.95. The van der Waals surface area contributed by atoms with E-state index in [1.807, 2.05) is 6.07 Å². The lowest BCUT2D eigenvalue weighted by molar-refractivity contribution is -0.0767. The van der Waals surface area contributed by atoms with Crippen molar-refractivity contribution in [3.63, 3.8) is 0 Å². The quantitative estimate of drug-likeness (QED) is 0.863. The molecule has 1 aliphatic heterocycles. The lowest BCUT2D eigenvalue weighted by atomic mass is 9.89. The van der Waals surface area contributed by atoms with Crippen molar-refractivity contribution in [2.24, 2.45) is 0 Å². The second kappa shape index (κ2) is 5.41. The molecule has 1 saturated heterocycles. The van der Waals surface area contributed by atoms with E-state index < -0.39 is 0 Å². The van der Waals surface area contributed by atoms with Gasteiger partial charge in [0.1, 0.15) is 5.82 Å². The molecule has 0 radical (unpaired) electrons. The predicted octanol–water partition coefficient (Wildman–Crippen LogP) is 4.49. The Morgan fingerprint density at radius 2 is 2.11 bits per heavy atom. The highest BCUT2D eigenvalue weighted by Gasteiger charge is 2.39. The van der Waals surface area contributed by atoms with Crippen molar-refractivity contribution < 1.29 is 9.13 Å². The Balaban J connectivity index is 1.69. The molecule has 0 bridgehead atoms. The third-order valence-corrected chi connectivity index (χ3v) is 4.79. The van der Waals surface area contributed by atoms with Crippen LogP contribution >= 0.6 is 15.9 Å². The molecule has 1 aromatic carbocycles. The molecule has 3 rings (SSSR count). The Morgan fingerprint density at radius 1 is 1.32 bits per heavy atom. The van der Waals surface area contributed by atoms with E-state index in [4.69, 9.17) is 4.74 Å². The first-order valence-corrected chi connectivity index (χ1v) is 7.82. The van der Waals surface area contributed by atoms with Gasteiger partial charge in [-0.25, -0.2) is 4.39 Å². The maximum absolute atomic E-state index is 13.9. The van der Waals surface area contributed by atoms with Crippen molar-refractivity contribution in [2.45, 2.75) is 50.2 Å². The molecule has 1 heterocycles. The zero-order chi connectivity index (χ0) is 13.3. The van der Waals surface area contributed by atoms with Crippen LogP contribution in [0.3, 0.4) is 0 Å². The summed E-state index contributed by atoms with van der Waals surface area (Å²) >= 11 is 3.28. The number of hydrogen-bond donors (Lipinski definition) is 1. The molecule has 2 nitrogen and oxygen atoms in total. The second-order valence-corrected chi connectivity index (χ2v) is 6.61. The van der Waals surface area contributed by atoms with Gasteiger partial charge in [-0.05, 0) is 43.9 Å². The standard InChI is InChI=1S/C15H19BrFNO/c16-11-3-4-14(13(17)9-11)18-12-5-8-19-15(10-12)6-1-2-7-15/h3-4,9,12,18H,1-2,5-8,10H2. The van der Waals surface area contributed by atoms with E-state index in [1.54, 1.807) is 6.07 Å². The number of anilines is 1. The van der Waals surface area contributed by atoms with E-state index in [9.17, 15) is 4.39 Å². The van der Waals surface area contributed by atoms with Gasteiger partial charge in [-0.3, -0.25) is 0 Å². The molecule has 19 heavy (non-hydrogen) atoms. The van der Waals surface area contributed by atoms with Crippen LogP contribution in [0.15, 0.2) is 22.7 Å². The van der Waals surface area contributed by atoms with Crippen molar-refractivity contribution >= 4 is 21.6 Å². The number of halogens is 2. The van der Waals surface area contributed by atoms with Crippen LogP contribution < -0.4 is 5.32 Å². The summed E-state index contributed by atoms with van der Waals surface area (Å²) in [6.45, 7) is 0.788. The maximum atomic E-state index is 13.9. The van der Waals surface area contributed by atoms with Crippen LogP contribution in [0, 0.1) is 5.82 Å². The molecular weight excluding hydrogens is 309 g/mol. The van der Waals surface area contributed by atoms with Crippen molar-refractivity contribution in [3.8, 4) is 0 Å². The molecule has 1 unspecified atom stereocenters. The number of nitrogens with one attached hydrogen (secondary N) is 1. The van der Waals surface area contributed by atoms with Gasteiger partial charge >= 0.3 is 0 Å². The molecule has 1 saturated carbocycles. The van der Waals surface area contributed by atoms with Gasteiger partial charge < -0.3 is 10.1 Å². The predicted molar refractivity (Wildman–Crippen MR) is 77.9 cm³/mol. The number of benzene rings is 1. The fraction of sp³-hybridized carbons (Fsp3) is 0.600. The van der Waals surface area contributed by atoms with Crippen LogP contribution in [0.4, 0.5) is 10.1 Å². The minimum absolute atomic E-state index is 0.0712. The summed E-state index contributed by atoms with van der Waals surface area (Å²) in [5.41, 5.74) is 0.671. The van der Waals surface area contributed by atoms with Crippen molar-refractivity contribution in [3.05, 3.63) is 28.5 Å². The second-order valence-electron chi connectivity index (χ2n) is 5.70. The Morgan fingerprint density at radius 3 is 2.84 bits per heavy atom. The average Bonchev–Trinajstić information content (AvgIpc) is 2.81. The molecule has 1 spiro atoms. The summed E-state index contributed by atoms with van der Waals surface area (Å²) in [7, 11) is 0. The molecule has 1 atom stereocenters. The SMILES string of the molecule is Fc1cc(Br)ccc1NC1CCOC2(CCCC2)C1. The summed E-state index contributed by atoms with van der Waals surface area (Å²) in [5.74, 6) is -0.193. The van der Waals surface area contributed by atoms with Crippen LogP contribution in [0.2, 0.25) is 0 Å².